The van der Waals surface area contributed by atoms with E-state index in [9.17, 15) is 4.79 Å². The summed E-state index contributed by atoms with van der Waals surface area (Å²) in [7, 11) is 0. The van der Waals surface area contributed by atoms with E-state index in [4.69, 9.17) is 17.3 Å². The molecule has 0 aromatic carbocycles. The fourth-order valence-corrected chi connectivity index (χ4v) is 1.78. The number of hydrogen-bond donors (Lipinski definition) is 1. The SMILES string of the molecule is CCC(C)CN(CC)C(=O)c1cnc(N)c(Cl)c1. The largest absolute Gasteiger partial charge is 0.382 e. The number of aromatic nitrogens is 1. The Kier molecular flexibility index (Phi) is 5.41. The van der Waals surface area contributed by atoms with Crippen LogP contribution in [0.5, 0.6) is 0 Å². The predicted molar refractivity (Wildman–Crippen MR) is 74.7 cm³/mol. The van der Waals surface area contributed by atoms with Gasteiger partial charge in [0.15, 0.2) is 0 Å². The monoisotopic (exact) mass is 269 g/mol. The minimum Gasteiger partial charge on any atom is -0.382 e. The zero-order chi connectivity index (χ0) is 13.7. The number of carbonyl (C=O) groups is 1. The molecule has 0 spiro atoms. The second kappa shape index (κ2) is 6.59. The molecule has 0 saturated carbocycles. The number of carbonyl (C=O) groups excluding carboxylic acids is 1. The summed E-state index contributed by atoms with van der Waals surface area (Å²) in [5.41, 5.74) is 6.02. The van der Waals surface area contributed by atoms with E-state index >= 15 is 0 Å². The van der Waals surface area contributed by atoms with E-state index in [1.807, 2.05) is 6.92 Å². The van der Waals surface area contributed by atoms with Gasteiger partial charge in [-0.2, -0.15) is 0 Å². The van der Waals surface area contributed by atoms with Gasteiger partial charge in [0.05, 0.1) is 10.6 Å². The Morgan fingerprint density at radius 3 is 2.72 bits per heavy atom. The van der Waals surface area contributed by atoms with Gasteiger partial charge in [0.1, 0.15) is 5.82 Å². The summed E-state index contributed by atoms with van der Waals surface area (Å²) in [5, 5.41) is 0.320. The number of pyridine rings is 1. The van der Waals surface area contributed by atoms with Gasteiger partial charge >= 0.3 is 0 Å². The zero-order valence-electron chi connectivity index (χ0n) is 11.1. The van der Waals surface area contributed by atoms with Crippen LogP contribution in [0.2, 0.25) is 5.02 Å². The predicted octanol–water partition coefficient (Wildman–Crippen LogP) is 2.83. The number of rotatable bonds is 5. The van der Waals surface area contributed by atoms with Crippen LogP contribution in [0.25, 0.3) is 0 Å². The van der Waals surface area contributed by atoms with Gasteiger partial charge in [-0.25, -0.2) is 4.98 Å². The molecule has 1 unspecified atom stereocenters. The lowest BCUT2D eigenvalue weighted by molar-refractivity contribution is 0.0740. The average molecular weight is 270 g/mol. The molecule has 0 aliphatic heterocycles. The van der Waals surface area contributed by atoms with Crippen molar-refractivity contribution in [1.82, 2.24) is 9.88 Å². The van der Waals surface area contributed by atoms with E-state index in [-0.39, 0.29) is 11.7 Å². The Hall–Kier alpha value is -1.29. The van der Waals surface area contributed by atoms with E-state index in [2.05, 4.69) is 18.8 Å². The van der Waals surface area contributed by atoms with Gasteiger partial charge < -0.3 is 10.6 Å². The molecule has 0 bridgehead atoms. The zero-order valence-corrected chi connectivity index (χ0v) is 11.9. The fourth-order valence-electron chi connectivity index (χ4n) is 1.61. The first-order valence-corrected chi connectivity index (χ1v) is 6.57. The standard InChI is InChI=1S/C13H20ClN3O/c1-4-9(3)8-17(5-2)13(18)10-6-11(14)12(15)16-7-10/h6-7,9H,4-5,8H2,1-3H3,(H2,15,16). The van der Waals surface area contributed by atoms with Crippen molar-refractivity contribution in [1.29, 1.82) is 0 Å². The van der Waals surface area contributed by atoms with Gasteiger partial charge in [0.25, 0.3) is 5.91 Å². The van der Waals surface area contributed by atoms with Crippen molar-refractivity contribution in [3.63, 3.8) is 0 Å². The summed E-state index contributed by atoms with van der Waals surface area (Å²) in [6, 6.07) is 1.57. The van der Waals surface area contributed by atoms with E-state index in [0.29, 0.717) is 23.0 Å². The summed E-state index contributed by atoms with van der Waals surface area (Å²) in [6.07, 6.45) is 2.52. The molecule has 1 aromatic heterocycles. The molecule has 2 N–H and O–H groups in total. The second-order valence-corrected chi connectivity index (χ2v) is 4.86. The van der Waals surface area contributed by atoms with Crippen LogP contribution in [-0.2, 0) is 0 Å². The van der Waals surface area contributed by atoms with Crippen LogP contribution in [0.3, 0.4) is 0 Å². The summed E-state index contributed by atoms with van der Waals surface area (Å²) in [5.74, 6) is 0.677. The molecule has 0 saturated heterocycles. The van der Waals surface area contributed by atoms with Crippen LogP contribution in [0.1, 0.15) is 37.6 Å². The number of nitrogen functional groups attached to an aromatic ring is 1. The smallest absolute Gasteiger partial charge is 0.255 e. The quantitative estimate of drug-likeness (QED) is 0.894. The third-order valence-corrected chi connectivity index (χ3v) is 3.32. The highest BCUT2D eigenvalue weighted by Crippen LogP contribution is 2.18. The highest BCUT2D eigenvalue weighted by molar-refractivity contribution is 6.33. The first kappa shape index (κ1) is 14.8. The van der Waals surface area contributed by atoms with Gasteiger partial charge in [0, 0.05) is 19.3 Å². The molecule has 4 nitrogen and oxygen atoms in total. The van der Waals surface area contributed by atoms with Crippen molar-refractivity contribution in [2.45, 2.75) is 27.2 Å². The van der Waals surface area contributed by atoms with E-state index in [1.165, 1.54) is 6.20 Å². The Bertz CT molecular complexity index is 423. The lowest BCUT2D eigenvalue weighted by atomic mass is 10.1. The lowest BCUT2D eigenvalue weighted by Gasteiger charge is -2.24. The molecule has 1 rings (SSSR count). The first-order valence-electron chi connectivity index (χ1n) is 6.19. The summed E-state index contributed by atoms with van der Waals surface area (Å²) in [4.78, 5) is 18.0. The Morgan fingerprint density at radius 2 is 2.22 bits per heavy atom. The van der Waals surface area contributed by atoms with E-state index in [1.54, 1.807) is 11.0 Å². The molecule has 1 aromatic rings. The van der Waals surface area contributed by atoms with Crippen LogP contribution in [0.4, 0.5) is 5.82 Å². The lowest BCUT2D eigenvalue weighted by Crippen LogP contribution is -2.34. The van der Waals surface area contributed by atoms with E-state index < -0.39 is 0 Å². The molecule has 5 heteroatoms. The summed E-state index contributed by atoms with van der Waals surface area (Å²) < 4.78 is 0. The second-order valence-electron chi connectivity index (χ2n) is 4.45. The van der Waals surface area contributed by atoms with Crippen LogP contribution in [0, 0.1) is 5.92 Å². The first-order chi connectivity index (χ1) is 8.49. The minimum absolute atomic E-state index is 0.0489. The third kappa shape index (κ3) is 3.60. The maximum Gasteiger partial charge on any atom is 0.255 e. The van der Waals surface area contributed by atoms with Crippen molar-refractivity contribution >= 4 is 23.3 Å². The Morgan fingerprint density at radius 1 is 1.56 bits per heavy atom. The molecule has 1 atom stereocenters. The molecule has 18 heavy (non-hydrogen) atoms. The Balaban J connectivity index is 2.86. The van der Waals surface area contributed by atoms with Crippen molar-refractivity contribution < 1.29 is 4.79 Å². The summed E-state index contributed by atoms with van der Waals surface area (Å²) in [6.45, 7) is 7.63. The molecule has 100 valence electrons. The number of nitrogens with zero attached hydrogens (tertiary/aromatic N) is 2. The molecule has 1 amide bonds. The highest BCUT2D eigenvalue weighted by atomic mass is 35.5. The maximum absolute atomic E-state index is 12.3. The number of nitrogens with two attached hydrogens (primary N) is 1. The third-order valence-electron chi connectivity index (χ3n) is 3.01. The topological polar surface area (TPSA) is 59.2 Å². The molecular formula is C13H20ClN3O. The van der Waals surface area contributed by atoms with Crippen LogP contribution >= 0.6 is 11.6 Å². The highest BCUT2D eigenvalue weighted by Gasteiger charge is 2.17. The molecular weight excluding hydrogens is 250 g/mol. The van der Waals surface area contributed by atoms with Crippen LogP contribution in [0.15, 0.2) is 12.3 Å². The van der Waals surface area contributed by atoms with Gasteiger partial charge in [-0.1, -0.05) is 31.9 Å². The van der Waals surface area contributed by atoms with Gasteiger partial charge in [0.2, 0.25) is 0 Å². The van der Waals surface area contributed by atoms with Crippen molar-refractivity contribution in [2.24, 2.45) is 5.92 Å². The molecule has 0 fully saturated rings. The normalized spacial score (nSPS) is 12.2. The molecule has 0 aliphatic rings. The van der Waals surface area contributed by atoms with Gasteiger partial charge in [-0.05, 0) is 18.9 Å². The molecule has 1 heterocycles. The van der Waals surface area contributed by atoms with Crippen molar-refractivity contribution in [3.8, 4) is 0 Å². The number of halogens is 1. The van der Waals surface area contributed by atoms with Gasteiger partial charge in [-0.3, -0.25) is 4.79 Å². The van der Waals surface area contributed by atoms with Crippen molar-refractivity contribution in [3.05, 3.63) is 22.8 Å². The fraction of sp³-hybridized carbons (Fsp3) is 0.538. The van der Waals surface area contributed by atoms with Gasteiger partial charge in [-0.15, -0.1) is 0 Å². The van der Waals surface area contributed by atoms with E-state index in [0.717, 1.165) is 13.0 Å². The van der Waals surface area contributed by atoms with Crippen LogP contribution in [-0.4, -0.2) is 28.9 Å². The Labute approximate surface area is 113 Å². The number of amides is 1. The minimum atomic E-state index is -0.0489. The molecule has 0 aliphatic carbocycles. The average Bonchev–Trinajstić information content (AvgIpc) is 2.38. The summed E-state index contributed by atoms with van der Waals surface area (Å²) >= 11 is 5.88. The number of hydrogen-bond acceptors (Lipinski definition) is 3. The van der Waals surface area contributed by atoms with Crippen LogP contribution < -0.4 is 5.73 Å². The van der Waals surface area contributed by atoms with Crippen molar-refractivity contribution in [2.75, 3.05) is 18.8 Å². The molecule has 0 radical (unpaired) electrons. The maximum atomic E-state index is 12.3. The number of anilines is 1.